The molecule has 3 heteroatoms. The average molecular weight is 184 g/mol. The molecule has 0 aliphatic carbocycles. The zero-order valence-corrected chi connectivity index (χ0v) is 9.05. The lowest BCUT2D eigenvalue weighted by Crippen LogP contribution is -2.51. The Morgan fingerprint density at radius 1 is 1.38 bits per heavy atom. The number of carbonyl (C=O) groups excluding carboxylic acids is 1. The van der Waals surface area contributed by atoms with E-state index in [-0.39, 0.29) is 17.6 Å². The van der Waals surface area contributed by atoms with E-state index in [1.165, 1.54) is 0 Å². The summed E-state index contributed by atoms with van der Waals surface area (Å²) in [6.45, 7) is 9.04. The van der Waals surface area contributed by atoms with Crippen LogP contribution in [0.3, 0.4) is 0 Å². The van der Waals surface area contributed by atoms with Crippen molar-refractivity contribution in [3.8, 4) is 0 Å². The van der Waals surface area contributed by atoms with E-state index in [2.05, 4.69) is 19.2 Å². The van der Waals surface area contributed by atoms with Crippen molar-refractivity contribution in [1.29, 1.82) is 0 Å². The van der Waals surface area contributed by atoms with Crippen molar-refractivity contribution in [3.63, 3.8) is 0 Å². The third kappa shape index (κ3) is 1.46. The van der Waals surface area contributed by atoms with Crippen LogP contribution in [0.4, 0.5) is 0 Å². The molecule has 3 nitrogen and oxygen atoms in total. The third-order valence-corrected chi connectivity index (χ3v) is 3.12. The lowest BCUT2D eigenvalue weighted by atomic mass is 10.0. The Balaban J connectivity index is 2.91. The Labute approximate surface area is 80.5 Å². The molecule has 1 amide bonds. The zero-order chi connectivity index (χ0) is 10.1. The van der Waals surface area contributed by atoms with E-state index in [0.717, 1.165) is 19.4 Å². The molecule has 1 heterocycles. The maximum Gasteiger partial charge on any atom is 0.240 e. The van der Waals surface area contributed by atoms with E-state index in [0.29, 0.717) is 0 Å². The third-order valence-electron chi connectivity index (χ3n) is 3.12. The molecule has 1 N–H and O–H groups in total. The summed E-state index contributed by atoms with van der Waals surface area (Å²) < 4.78 is 0. The highest BCUT2D eigenvalue weighted by molar-refractivity contribution is 5.84. The minimum absolute atomic E-state index is 0.0140. The average Bonchev–Trinajstić information content (AvgIpc) is 2.40. The summed E-state index contributed by atoms with van der Waals surface area (Å²) in [5, 5.41) is 3.39. The molecule has 0 spiro atoms. The maximum absolute atomic E-state index is 11.7. The standard InChI is InChI=1S/C10H20N2O/c1-5-10(6-2)11-8(4)9(13)12(10)7-3/h8,11H,5-7H2,1-4H3. The first-order valence-electron chi connectivity index (χ1n) is 5.20. The Hall–Kier alpha value is -0.570. The number of nitrogens with one attached hydrogen (secondary N) is 1. The van der Waals surface area contributed by atoms with Gasteiger partial charge >= 0.3 is 0 Å². The molecule has 1 saturated heterocycles. The van der Waals surface area contributed by atoms with Gasteiger partial charge in [0.1, 0.15) is 0 Å². The van der Waals surface area contributed by atoms with E-state index in [9.17, 15) is 4.79 Å². The van der Waals surface area contributed by atoms with E-state index < -0.39 is 0 Å². The second kappa shape index (κ2) is 3.66. The van der Waals surface area contributed by atoms with E-state index >= 15 is 0 Å². The number of hydrogen-bond acceptors (Lipinski definition) is 2. The number of rotatable bonds is 3. The van der Waals surface area contributed by atoms with Gasteiger partial charge in [0.2, 0.25) is 5.91 Å². The Kier molecular flexibility index (Phi) is 2.96. The monoisotopic (exact) mass is 184 g/mol. The lowest BCUT2D eigenvalue weighted by Gasteiger charge is -2.36. The molecule has 0 bridgehead atoms. The fourth-order valence-corrected chi connectivity index (χ4v) is 2.28. The number of hydrogen-bond donors (Lipinski definition) is 1. The minimum atomic E-state index is -0.0781. The molecule has 76 valence electrons. The quantitative estimate of drug-likeness (QED) is 0.718. The van der Waals surface area contributed by atoms with Gasteiger partial charge < -0.3 is 4.90 Å². The Morgan fingerprint density at radius 2 is 1.92 bits per heavy atom. The predicted octanol–water partition coefficient (Wildman–Crippen LogP) is 1.34. The van der Waals surface area contributed by atoms with Crippen LogP contribution in [0.1, 0.15) is 40.5 Å². The second-order valence-electron chi connectivity index (χ2n) is 3.69. The second-order valence-corrected chi connectivity index (χ2v) is 3.69. The van der Waals surface area contributed by atoms with E-state index in [4.69, 9.17) is 0 Å². The molecular formula is C10H20N2O. The first kappa shape index (κ1) is 10.5. The topological polar surface area (TPSA) is 32.3 Å². The van der Waals surface area contributed by atoms with Gasteiger partial charge in [-0.1, -0.05) is 13.8 Å². The van der Waals surface area contributed by atoms with Gasteiger partial charge in [0.05, 0.1) is 11.7 Å². The molecule has 1 fully saturated rings. The van der Waals surface area contributed by atoms with Crippen molar-refractivity contribution in [3.05, 3.63) is 0 Å². The van der Waals surface area contributed by atoms with Crippen LogP contribution in [-0.2, 0) is 4.79 Å². The van der Waals surface area contributed by atoms with E-state index in [1.54, 1.807) is 0 Å². The summed E-state index contributed by atoms with van der Waals surface area (Å²) >= 11 is 0. The zero-order valence-electron chi connectivity index (χ0n) is 9.05. The van der Waals surface area contributed by atoms with Gasteiger partial charge in [0.25, 0.3) is 0 Å². The summed E-state index contributed by atoms with van der Waals surface area (Å²) in [6.07, 6.45) is 1.96. The van der Waals surface area contributed by atoms with Crippen LogP contribution < -0.4 is 5.32 Å². The minimum Gasteiger partial charge on any atom is -0.323 e. The van der Waals surface area contributed by atoms with Crippen LogP contribution in [0.5, 0.6) is 0 Å². The highest BCUT2D eigenvalue weighted by Crippen LogP contribution is 2.27. The molecule has 1 unspecified atom stereocenters. The smallest absolute Gasteiger partial charge is 0.240 e. The van der Waals surface area contributed by atoms with Crippen molar-refractivity contribution in [2.24, 2.45) is 0 Å². The first-order chi connectivity index (χ1) is 6.11. The normalized spacial score (nSPS) is 26.9. The SMILES string of the molecule is CCN1C(=O)C(C)NC1(CC)CC. The van der Waals surface area contributed by atoms with Crippen LogP contribution in [0.15, 0.2) is 0 Å². The van der Waals surface area contributed by atoms with Crippen LogP contribution in [0.25, 0.3) is 0 Å². The molecule has 0 aromatic heterocycles. The molecule has 0 aromatic rings. The van der Waals surface area contributed by atoms with Crippen LogP contribution >= 0.6 is 0 Å². The molecular weight excluding hydrogens is 164 g/mol. The summed E-state index contributed by atoms with van der Waals surface area (Å²) in [6, 6.07) is -0.0140. The van der Waals surface area contributed by atoms with Gasteiger partial charge in [-0.15, -0.1) is 0 Å². The van der Waals surface area contributed by atoms with Gasteiger partial charge in [-0.2, -0.15) is 0 Å². The molecule has 0 radical (unpaired) electrons. The number of carbonyl (C=O) groups is 1. The molecule has 1 aliphatic rings. The summed E-state index contributed by atoms with van der Waals surface area (Å²) in [5.41, 5.74) is -0.0781. The van der Waals surface area contributed by atoms with Crippen LogP contribution in [0, 0.1) is 0 Å². The number of nitrogens with zero attached hydrogens (tertiary/aromatic N) is 1. The Bertz CT molecular complexity index is 199. The largest absolute Gasteiger partial charge is 0.323 e. The number of amides is 1. The van der Waals surface area contributed by atoms with Gasteiger partial charge in [-0.3, -0.25) is 10.1 Å². The summed E-state index contributed by atoms with van der Waals surface area (Å²) in [4.78, 5) is 13.7. The molecule has 1 rings (SSSR count). The molecule has 0 aromatic carbocycles. The van der Waals surface area contributed by atoms with E-state index in [1.807, 2.05) is 18.7 Å². The highest BCUT2D eigenvalue weighted by atomic mass is 16.2. The first-order valence-corrected chi connectivity index (χ1v) is 5.20. The molecule has 1 atom stereocenters. The Morgan fingerprint density at radius 3 is 2.23 bits per heavy atom. The van der Waals surface area contributed by atoms with Crippen molar-refractivity contribution in [2.45, 2.75) is 52.2 Å². The molecule has 13 heavy (non-hydrogen) atoms. The van der Waals surface area contributed by atoms with Gasteiger partial charge in [0, 0.05) is 6.54 Å². The van der Waals surface area contributed by atoms with Crippen molar-refractivity contribution >= 4 is 5.91 Å². The lowest BCUT2D eigenvalue weighted by molar-refractivity contribution is -0.131. The summed E-state index contributed by atoms with van der Waals surface area (Å²) in [7, 11) is 0. The van der Waals surface area contributed by atoms with Gasteiger partial charge in [-0.25, -0.2) is 0 Å². The summed E-state index contributed by atoms with van der Waals surface area (Å²) in [5.74, 6) is 0.242. The van der Waals surface area contributed by atoms with Gasteiger partial charge in [0.15, 0.2) is 0 Å². The van der Waals surface area contributed by atoms with Gasteiger partial charge in [-0.05, 0) is 26.7 Å². The van der Waals surface area contributed by atoms with Crippen LogP contribution in [-0.4, -0.2) is 29.1 Å². The predicted molar refractivity (Wildman–Crippen MR) is 53.3 cm³/mol. The van der Waals surface area contributed by atoms with Crippen molar-refractivity contribution in [2.75, 3.05) is 6.54 Å². The molecule has 1 aliphatic heterocycles. The fourth-order valence-electron chi connectivity index (χ4n) is 2.28. The van der Waals surface area contributed by atoms with Crippen LogP contribution in [0.2, 0.25) is 0 Å². The van der Waals surface area contributed by atoms with Crippen molar-refractivity contribution < 1.29 is 4.79 Å². The fraction of sp³-hybridized carbons (Fsp3) is 0.900. The van der Waals surface area contributed by atoms with Crippen molar-refractivity contribution in [1.82, 2.24) is 10.2 Å². The maximum atomic E-state index is 11.7. The highest BCUT2D eigenvalue weighted by Gasteiger charge is 2.45. The molecule has 0 saturated carbocycles. The number of likely N-dealkylation sites (N-methyl/N-ethyl adjacent to an activating group) is 1.